The van der Waals surface area contributed by atoms with Crippen molar-refractivity contribution in [3.05, 3.63) is 42.2 Å². The van der Waals surface area contributed by atoms with E-state index in [0.29, 0.717) is 69.0 Å². The summed E-state index contributed by atoms with van der Waals surface area (Å²) in [4.78, 5) is 0.211. The van der Waals surface area contributed by atoms with Crippen LogP contribution < -0.4 is 9.47 Å². The van der Waals surface area contributed by atoms with Crippen LogP contribution in [0.15, 0.2) is 51.9 Å². The van der Waals surface area contributed by atoms with Gasteiger partial charge in [-0.3, -0.25) is 0 Å². The van der Waals surface area contributed by atoms with Crippen molar-refractivity contribution < 1.29 is 36.8 Å². The first-order chi connectivity index (χ1) is 16.8. The van der Waals surface area contributed by atoms with E-state index < -0.39 is 9.84 Å². The molecule has 0 amide bonds. The van der Waals surface area contributed by atoms with Crippen LogP contribution in [0.2, 0.25) is 0 Å². The standard InChI is InChI=1S/C22H22Br4O8S/c23-17-5-15(6-18(24)21(17)31-3-1-29-9-13-11-33-13)35(27,28)16-7-19(25)22(20(26)8-16)32-4-2-30-10-14-12-34-14/h5-8,13-14H,1-4,9-12H2. The molecular weight excluding hydrogens is 744 g/mol. The molecule has 2 aliphatic heterocycles. The van der Waals surface area contributed by atoms with Gasteiger partial charge in [-0.15, -0.1) is 0 Å². The van der Waals surface area contributed by atoms with Gasteiger partial charge in [0, 0.05) is 0 Å². The van der Waals surface area contributed by atoms with Gasteiger partial charge >= 0.3 is 0 Å². The van der Waals surface area contributed by atoms with Crippen LogP contribution in [0.25, 0.3) is 0 Å². The molecule has 2 atom stereocenters. The maximum Gasteiger partial charge on any atom is 0.206 e. The smallest absolute Gasteiger partial charge is 0.206 e. The van der Waals surface area contributed by atoms with Crippen LogP contribution in [-0.2, 0) is 28.8 Å². The fourth-order valence-corrected chi connectivity index (χ4v) is 7.76. The van der Waals surface area contributed by atoms with Gasteiger partial charge in [0.25, 0.3) is 0 Å². The molecular formula is C22H22Br4O8S. The van der Waals surface area contributed by atoms with Gasteiger partial charge in [-0.05, 0) is 88.0 Å². The predicted molar refractivity (Wildman–Crippen MR) is 141 cm³/mol. The van der Waals surface area contributed by atoms with Crippen molar-refractivity contribution in [2.45, 2.75) is 22.0 Å². The Morgan fingerprint density at radius 1 is 0.686 bits per heavy atom. The predicted octanol–water partition coefficient (Wildman–Crippen LogP) is 5.16. The molecule has 2 saturated heterocycles. The largest absolute Gasteiger partial charge is 0.489 e. The minimum atomic E-state index is -3.83. The third-order valence-electron chi connectivity index (χ3n) is 4.92. The third kappa shape index (κ3) is 7.87. The van der Waals surface area contributed by atoms with Gasteiger partial charge in [-0.25, -0.2) is 8.42 Å². The van der Waals surface area contributed by atoms with Gasteiger partial charge in [0.05, 0.1) is 67.3 Å². The van der Waals surface area contributed by atoms with E-state index in [1.165, 1.54) is 24.3 Å². The zero-order chi connectivity index (χ0) is 25.0. The Bertz CT molecular complexity index is 1020. The second-order valence-corrected chi connectivity index (χ2v) is 13.1. The molecule has 2 unspecified atom stereocenters. The molecule has 0 spiro atoms. The van der Waals surface area contributed by atoms with Crippen molar-refractivity contribution >= 4 is 73.6 Å². The summed E-state index contributed by atoms with van der Waals surface area (Å²) in [5, 5.41) is 0. The minimum Gasteiger partial charge on any atom is -0.489 e. The average Bonchev–Trinajstić information content (AvgIpc) is 3.72. The quantitative estimate of drug-likeness (QED) is 0.193. The van der Waals surface area contributed by atoms with Gasteiger partial charge in [-0.2, -0.15) is 0 Å². The number of benzene rings is 2. The van der Waals surface area contributed by atoms with E-state index in [1.54, 1.807) is 0 Å². The SMILES string of the molecule is O=S(=O)(c1cc(Br)c(OCCOCC2CO2)c(Br)c1)c1cc(Br)c(OCCOCC2CO2)c(Br)c1. The Kier molecular flexibility index (Phi) is 9.94. The van der Waals surface area contributed by atoms with Gasteiger partial charge in [0.15, 0.2) is 0 Å². The first kappa shape index (κ1) is 27.8. The fourth-order valence-electron chi connectivity index (χ4n) is 2.96. The summed E-state index contributed by atoms with van der Waals surface area (Å²) in [6.07, 6.45) is 0.389. The minimum absolute atomic E-state index is 0.105. The summed E-state index contributed by atoms with van der Waals surface area (Å²) in [5.41, 5.74) is 0. The maximum atomic E-state index is 13.4. The second kappa shape index (κ2) is 12.5. The first-order valence-electron chi connectivity index (χ1n) is 10.6. The fraction of sp³-hybridized carbons (Fsp3) is 0.455. The molecule has 8 nitrogen and oxygen atoms in total. The monoisotopic (exact) mass is 762 g/mol. The zero-order valence-corrected chi connectivity index (χ0v) is 25.5. The summed E-state index contributed by atoms with van der Waals surface area (Å²) < 4.78 is 61.4. The maximum absolute atomic E-state index is 13.4. The number of hydrogen-bond acceptors (Lipinski definition) is 8. The molecule has 0 aliphatic carbocycles. The normalized spacial score (nSPS) is 19.0. The number of sulfone groups is 1. The zero-order valence-electron chi connectivity index (χ0n) is 18.3. The average molecular weight is 766 g/mol. The summed E-state index contributed by atoms with van der Waals surface area (Å²) in [5.74, 6) is 0.994. The molecule has 2 aromatic carbocycles. The van der Waals surface area contributed by atoms with Crippen LogP contribution in [0.1, 0.15) is 0 Å². The molecule has 0 bridgehead atoms. The van der Waals surface area contributed by atoms with Crippen LogP contribution >= 0.6 is 63.7 Å². The van der Waals surface area contributed by atoms with Gasteiger partial charge in [0.2, 0.25) is 9.84 Å². The molecule has 4 rings (SSSR count). The van der Waals surface area contributed by atoms with Crippen LogP contribution in [0.3, 0.4) is 0 Å². The van der Waals surface area contributed by atoms with E-state index in [1.807, 2.05) is 0 Å². The molecule has 0 aromatic heterocycles. The van der Waals surface area contributed by atoms with E-state index >= 15 is 0 Å². The Balaban J connectivity index is 1.40. The lowest BCUT2D eigenvalue weighted by molar-refractivity contribution is 0.0874. The van der Waals surface area contributed by atoms with Gasteiger partial charge in [-0.1, -0.05) is 0 Å². The van der Waals surface area contributed by atoms with Crippen molar-refractivity contribution in [3.8, 4) is 11.5 Å². The Labute approximate surface area is 237 Å². The highest BCUT2D eigenvalue weighted by atomic mass is 79.9. The molecule has 35 heavy (non-hydrogen) atoms. The van der Waals surface area contributed by atoms with Crippen molar-refractivity contribution in [1.29, 1.82) is 0 Å². The first-order valence-corrected chi connectivity index (χ1v) is 15.3. The second-order valence-electron chi connectivity index (χ2n) is 7.69. The lowest BCUT2D eigenvalue weighted by atomic mass is 10.3. The molecule has 0 radical (unpaired) electrons. The third-order valence-corrected chi connectivity index (χ3v) is 8.99. The molecule has 0 N–H and O–H groups in total. The van der Waals surface area contributed by atoms with Gasteiger partial charge in [0.1, 0.15) is 36.9 Å². The highest BCUT2D eigenvalue weighted by molar-refractivity contribution is 9.11. The summed E-state index contributed by atoms with van der Waals surface area (Å²) in [6, 6.07) is 6.06. The van der Waals surface area contributed by atoms with Crippen molar-refractivity contribution in [1.82, 2.24) is 0 Å². The number of ether oxygens (including phenoxy) is 6. The molecule has 192 valence electrons. The van der Waals surface area contributed by atoms with Crippen molar-refractivity contribution in [2.24, 2.45) is 0 Å². The summed E-state index contributed by atoms with van der Waals surface area (Å²) in [7, 11) is -3.83. The highest BCUT2D eigenvalue weighted by Crippen LogP contribution is 2.40. The van der Waals surface area contributed by atoms with E-state index in [4.69, 9.17) is 28.4 Å². The number of hydrogen-bond donors (Lipinski definition) is 0. The number of halogens is 4. The number of rotatable bonds is 14. The molecule has 13 heteroatoms. The molecule has 2 aliphatic rings. The molecule has 2 heterocycles. The Hall–Kier alpha value is -0.250. The lowest BCUT2D eigenvalue weighted by Crippen LogP contribution is -2.11. The van der Waals surface area contributed by atoms with Crippen molar-refractivity contribution in [3.63, 3.8) is 0 Å². The van der Waals surface area contributed by atoms with E-state index in [0.717, 1.165) is 13.2 Å². The Morgan fingerprint density at radius 2 is 1.03 bits per heavy atom. The molecule has 2 aromatic rings. The van der Waals surface area contributed by atoms with Gasteiger partial charge < -0.3 is 28.4 Å². The van der Waals surface area contributed by atoms with E-state index in [9.17, 15) is 8.42 Å². The number of epoxide rings is 2. The highest BCUT2D eigenvalue weighted by Gasteiger charge is 2.25. The van der Waals surface area contributed by atoms with Crippen LogP contribution in [0.5, 0.6) is 11.5 Å². The topological polar surface area (TPSA) is 96.1 Å². The van der Waals surface area contributed by atoms with Crippen LogP contribution in [0, 0.1) is 0 Å². The lowest BCUT2D eigenvalue weighted by Gasteiger charge is -2.15. The van der Waals surface area contributed by atoms with Crippen LogP contribution in [0.4, 0.5) is 0 Å². The molecule has 0 saturated carbocycles. The summed E-state index contributed by atoms with van der Waals surface area (Å²) in [6.45, 7) is 3.99. The van der Waals surface area contributed by atoms with Crippen molar-refractivity contribution in [2.75, 3.05) is 52.9 Å². The molecule has 2 fully saturated rings. The van der Waals surface area contributed by atoms with Crippen LogP contribution in [-0.4, -0.2) is 73.5 Å². The Morgan fingerprint density at radius 3 is 1.34 bits per heavy atom. The summed E-state index contributed by atoms with van der Waals surface area (Å²) >= 11 is 13.7. The van der Waals surface area contributed by atoms with E-state index in [-0.39, 0.29) is 22.0 Å². The van der Waals surface area contributed by atoms with E-state index in [2.05, 4.69) is 63.7 Å².